The summed E-state index contributed by atoms with van der Waals surface area (Å²) in [5.74, 6) is 0. The van der Waals surface area contributed by atoms with Crippen molar-refractivity contribution >= 4 is 0 Å². The highest BCUT2D eigenvalue weighted by atomic mass is 15.1. The van der Waals surface area contributed by atoms with Crippen LogP contribution in [0, 0.1) is 0 Å². The zero-order chi connectivity index (χ0) is 15.9. The highest BCUT2D eigenvalue weighted by molar-refractivity contribution is 5.29. The van der Waals surface area contributed by atoms with Crippen LogP contribution in [0.2, 0.25) is 0 Å². The average molecular weight is 290 g/mol. The van der Waals surface area contributed by atoms with Crippen LogP contribution in [0.1, 0.15) is 65.1 Å². The topological polar surface area (TPSA) is 15.3 Å². The summed E-state index contributed by atoms with van der Waals surface area (Å²) in [7, 11) is 0. The zero-order valence-electron chi connectivity index (χ0n) is 14.9. The van der Waals surface area contributed by atoms with Crippen molar-refractivity contribution in [1.29, 1.82) is 0 Å². The van der Waals surface area contributed by atoms with Crippen LogP contribution in [-0.4, -0.2) is 31.1 Å². The van der Waals surface area contributed by atoms with E-state index in [9.17, 15) is 0 Å². The molecule has 1 N–H and O–H groups in total. The van der Waals surface area contributed by atoms with Gasteiger partial charge in [0.15, 0.2) is 0 Å². The molecular weight excluding hydrogens is 256 g/mol. The molecule has 0 spiro atoms. The Morgan fingerprint density at radius 3 is 2.00 bits per heavy atom. The molecule has 0 saturated carbocycles. The molecule has 0 aliphatic heterocycles. The molecule has 0 amide bonds. The summed E-state index contributed by atoms with van der Waals surface area (Å²) >= 11 is 0. The largest absolute Gasteiger partial charge is 0.309 e. The molecule has 1 atom stereocenters. The number of hydrogen-bond donors (Lipinski definition) is 1. The van der Waals surface area contributed by atoms with Gasteiger partial charge in [-0.3, -0.25) is 0 Å². The highest BCUT2D eigenvalue weighted by Gasteiger charge is 2.16. The van der Waals surface area contributed by atoms with Gasteiger partial charge in [-0.15, -0.1) is 0 Å². The summed E-state index contributed by atoms with van der Waals surface area (Å²) in [6, 6.07) is 9.62. The van der Waals surface area contributed by atoms with E-state index in [2.05, 4.69) is 76.0 Å². The Balaban J connectivity index is 2.86. The molecule has 1 aromatic rings. The smallest absolute Gasteiger partial charge is 0.0449 e. The highest BCUT2D eigenvalue weighted by Crippen LogP contribution is 2.24. The predicted octanol–water partition coefficient (Wildman–Crippen LogP) is 4.37. The van der Waals surface area contributed by atoms with Gasteiger partial charge in [0.25, 0.3) is 0 Å². The SMILES string of the molecule is CCCNC(CN(CC)CC)c1ccc(C(C)(C)C)cc1. The molecule has 2 heteroatoms. The van der Waals surface area contributed by atoms with E-state index >= 15 is 0 Å². The molecule has 2 nitrogen and oxygen atoms in total. The van der Waals surface area contributed by atoms with Crippen molar-refractivity contribution in [3.05, 3.63) is 35.4 Å². The normalized spacial score (nSPS) is 13.7. The van der Waals surface area contributed by atoms with E-state index in [1.807, 2.05) is 0 Å². The minimum atomic E-state index is 0.226. The van der Waals surface area contributed by atoms with Crippen LogP contribution in [-0.2, 0) is 5.41 Å². The van der Waals surface area contributed by atoms with E-state index in [0.29, 0.717) is 6.04 Å². The molecule has 1 rings (SSSR count). The fourth-order valence-corrected chi connectivity index (χ4v) is 2.56. The van der Waals surface area contributed by atoms with Gasteiger partial charge in [-0.05, 0) is 42.6 Å². The van der Waals surface area contributed by atoms with Gasteiger partial charge >= 0.3 is 0 Å². The maximum Gasteiger partial charge on any atom is 0.0449 e. The van der Waals surface area contributed by atoms with Crippen LogP contribution < -0.4 is 5.32 Å². The van der Waals surface area contributed by atoms with Crippen LogP contribution in [0.5, 0.6) is 0 Å². The average Bonchev–Trinajstić information content (AvgIpc) is 2.47. The summed E-state index contributed by atoms with van der Waals surface area (Å²) in [6.07, 6.45) is 1.18. The maximum absolute atomic E-state index is 3.70. The van der Waals surface area contributed by atoms with E-state index in [-0.39, 0.29) is 5.41 Å². The molecule has 1 unspecified atom stereocenters. The predicted molar refractivity (Wildman–Crippen MR) is 94.0 cm³/mol. The third-order valence-electron chi connectivity index (χ3n) is 4.16. The lowest BCUT2D eigenvalue weighted by molar-refractivity contribution is 0.265. The molecule has 21 heavy (non-hydrogen) atoms. The van der Waals surface area contributed by atoms with Crippen molar-refractivity contribution < 1.29 is 0 Å². The summed E-state index contributed by atoms with van der Waals surface area (Å²) in [5.41, 5.74) is 3.04. The molecule has 0 heterocycles. The van der Waals surface area contributed by atoms with Crippen LogP contribution >= 0.6 is 0 Å². The van der Waals surface area contributed by atoms with Crippen LogP contribution in [0.25, 0.3) is 0 Å². The Bertz CT molecular complexity index is 385. The minimum absolute atomic E-state index is 0.226. The maximum atomic E-state index is 3.70. The van der Waals surface area contributed by atoms with Crippen LogP contribution in [0.15, 0.2) is 24.3 Å². The van der Waals surface area contributed by atoms with Crippen LogP contribution in [0.4, 0.5) is 0 Å². The summed E-state index contributed by atoms with van der Waals surface area (Å²) < 4.78 is 0. The first kappa shape index (κ1) is 18.2. The lowest BCUT2D eigenvalue weighted by atomic mass is 9.86. The Labute approximate surface area is 131 Å². The van der Waals surface area contributed by atoms with Crippen molar-refractivity contribution in [2.75, 3.05) is 26.2 Å². The van der Waals surface area contributed by atoms with Gasteiger partial charge in [0.05, 0.1) is 0 Å². The van der Waals surface area contributed by atoms with Gasteiger partial charge in [0.1, 0.15) is 0 Å². The molecular formula is C19H34N2. The van der Waals surface area contributed by atoms with Crippen molar-refractivity contribution in [3.63, 3.8) is 0 Å². The molecule has 1 aromatic carbocycles. The van der Waals surface area contributed by atoms with E-state index in [0.717, 1.165) is 26.2 Å². The van der Waals surface area contributed by atoms with E-state index in [1.54, 1.807) is 0 Å². The van der Waals surface area contributed by atoms with Gasteiger partial charge in [-0.25, -0.2) is 0 Å². The zero-order valence-corrected chi connectivity index (χ0v) is 14.9. The Morgan fingerprint density at radius 1 is 1.00 bits per heavy atom. The number of hydrogen-bond acceptors (Lipinski definition) is 2. The molecule has 0 aliphatic rings. The number of nitrogens with one attached hydrogen (secondary N) is 1. The van der Waals surface area contributed by atoms with Crippen LogP contribution in [0.3, 0.4) is 0 Å². The van der Waals surface area contributed by atoms with E-state index in [1.165, 1.54) is 17.5 Å². The second-order valence-corrected chi connectivity index (χ2v) is 6.86. The first-order valence-corrected chi connectivity index (χ1v) is 8.48. The Kier molecular flexibility index (Phi) is 7.41. The first-order valence-electron chi connectivity index (χ1n) is 8.48. The van der Waals surface area contributed by atoms with E-state index < -0.39 is 0 Å². The molecule has 0 aromatic heterocycles. The van der Waals surface area contributed by atoms with Gasteiger partial charge < -0.3 is 10.2 Å². The second-order valence-electron chi connectivity index (χ2n) is 6.86. The minimum Gasteiger partial charge on any atom is -0.309 e. The Morgan fingerprint density at radius 2 is 1.57 bits per heavy atom. The molecule has 0 bridgehead atoms. The fraction of sp³-hybridized carbons (Fsp3) is 0.684. The molecule has 0 radical (unpaired) electrons. The molecule has 0 fully saturated rings. The lowest BCUT2D eigenvalue weighted by Crippen LogP contribution is -2.35. The number of likely N-dealkylation sites (N-methyl/N-ethyl adjacent to an activating group) is 1. The first-order chi connectivity index (χ1) is 9.92. The van der Waals surface area contributed by atoms with Gasteiger partial charge in [-0.2, -0.15) is 0 Å². The van der Waals surface area contributed by atoms with Crippen molar-refractivity contribution in [3.8, 4) is 0 Å². The van der Waals surface area contributed by atoms with Crippen molar-refractivity contribution in [2.24, 2.45) is 0 Å². The second kappa shape index (κ2) is 8.55. The lowest BCUT2D eigenvalue weighted by Gasteiger charge is -2.27. The van der Waals surface area contributed by atoms with Gasteiger partial charge in [0.2, 0.25) is 0 Å². The molecule has 0 aliphatic carbocycles. The summed E-state index contributed by atoms with van der Waals surface area (Å²) in [6.45, 7) is 17.9. The quantitative estimate of drug-likeness (QED) is 0.765. The Hall–Kier alpha value is -0.860. The summed E-state index contributed by atoms with van der Waals surface area (Å²) in [5, 5.41) is 3.70. The molecule has 120 valence electrons. The fourth-order valence-electron chi connectivity index (χ4n) is 2.56. The van der Waals surface area contributed by atoms with Crippen molar-refractivity contribution in [2.45, 2.75) is 59.4 Å². The number of nitrogens with zero attached hydrogens (tertiary/aromatic N) is 1. The monoisotopic (exact) mass is 290 g/mol. The third-order valence-corrected chi connectivity index (χ3v) is 4.16. The van der Waals surface area contributed by atoms with Gasteiger partial charge in [0, 0.05) is 12.6 Å². The standard InChI is InChI=1S/C19H34N2/c1-7-14-20-18(15-21(8-2)9-3)16-10-12-17(13-11-16)19(4,5)6/h10-13,18,20H,7-9,14-15H2,1-6H3. The third kappa shape index (κ3) is 5.80. The summed E-state index contributed by atoms with van der Waals surface area (Å²) in [4.78, 5) is 2.49. The molecule has 0 saturated heterocycles. The van der Waals surface area contributed by atoms with Gasteiger partial charge in [-0.1, -0.05) is 65.8 Å². The number of benzene rings is 1. The number of rotatable bonds is 8. The van der Waals surface area contributed by atoms with E-state index in [4.69, 9.17) is 0 Å². The van der Waals surface area contributed by atoms with Crippen molar-refractivity contribution in [1.82, 2.24) is 10.2 Å².